The summed E-state index contributed by atoms with van der Waals surface area (Å²) in [5.41, 5.74) is 3.95. The van der Waals surface area contributed by atoms with E-state index in [-0.39, 0.29) is 24.2 Å². The number of hydrogen-bond acceptors (Lipinski definition) is 5. The van der Waals surface area contributed by atoms with E-state index in [1.165, 1.54) is 0 Å². The summed E-state index contributed by atoms with van der Waals surface area (Å²) < 4.78 is 13.0. The molecule has 1 N–H and O–H groups in total. The Kier molecular flexibility index (Phi) is 5.82. The molecule has 7 nitrogen and oxygen atoms in total. The highest BCUT2D eigenvalue weighted by atomic mass is 16.5. The van der Waals surface area contributed by atoms with Gasteiger partial charge in [0.15, 0.2) is 5.69 Å². The van der Waals surface area contributed by atoms with Crippen LogP contribution in [0.25, 0.3) is 0 Å². The highest BCUT2D eigenvalue weighted by Crippen LogP contribution is 2.21. The maximum Gasteiger partial charge on any atom is 0.274 e. The molecule has 28 heavy (non-hydrogen) atoms. The van der Waals surface area contributed by atoms with Crippen LogP contribution >= 0.6 is 0 Å². The quantitative estimate of drug-likeness (QED) is 0.676. The minimum Gasteiger partial charge on any atom is -0.488 e. The summed E-state index contributed by atoms with van der Waals surface area (Å²) in [5.74, 6) is 1.06. The maximum absolute atomic E-state index is 12.7. The van der Waals surface area contributed by atoms with Crippen molar-refractivity contribution < 1.29 is 14.1 Å². The summed E-state index contributed by atoms with van der Waals surface area (Å²) in [5, 5.41) is 11.3. The predicted octanol–water partition coefficient (Wildman–Crippen LogP) is 3.50. The molecule has 0 bridgehead atoms. The third-order valence-electron chi connectivity index (χ3n) is 4.59. The molecule has 1 amide bonds. The third kappa shape index (κ3) is 4.42. The first-order valence-electron chi connectivity index (χ1n) is 9.30. The number of ether oxygens (including phenoxy) is 1. The lowest BCUT2D eigenvalue weighted by atomic mass is 10.2. The van der Waals surface area contributed by atoms with Crippen LogP contribution in [-0.4, -0.2) is 26.9 Å². The van der Waals surface area contributed by atoms with Crippen LogP contribution in [0.4, 0.5) is 0 Å². The molecule has 2 heterocycles. The van der Waals surface area contributed by atoms with E-state index in [0.717, 1.165) is 22.7 Å². The van der Waals surface area contributed by atoms with Crippen molar-refractivity contribution in [2.75, 3.05) is 0 Å². The van der Waals surface area contributed by atoms with Crippen molar-refractivity contribution in [3.8, 4) is 5.75 Å². The van der Waals surface area contributed by atoms with Crippen molar-refractivity contribution in [1.29, 1.82) is 0 Å². The lowest BCUT2D eigenvalue weighted by molar-refractivity contribution is 0.0924. The van der Waals surface area contributed by atoms with Gasteiger partial charge in [-0.15, -0.1) is 0 Å². The molecule has 0 spiro atoms. The van der Waals surface area contributed by atoms with E-state index in [1.807, 2.05) is 62.7 Å². The fourth-order valence-electron chi connectivity index (χ4n) is 3.06. The Hall–Kier alpha value is -3.09. The molecule has 2 aromatic heterocycles. The fourth-order valence-corrected chi connectivity index (χ4v) is 3.06. The summed E-state index contributed by atoms with van der Waals surface area (Å²) in [6.45, 7) is 10.4. The van der Waals surface area contributed by atoms with Crippen LogP contribution in [0, 0.1) is 27.7 Å². The Morgan fingerprint density at radius 3 is 2.68 bits per heavy atom. The van der Waals surface area contributed by atoms with E-state index >= 15 is 0 Å². The summed E-state index contributed by atoms with van der Waals surface area (Å²) in [7, 11) is 0. The van der Waals surface area contributed by atoms with Crippen molar-refractivity contribution in [3.05, 3.63) is 64.3 Å². The molecule has 0 radical (unpaired) electrons. The molecule has 1 atom stereocenters. The molecule has 0 aliphatic carbocycles. The average Bonchev–Trinajstić information content (AvgIpc) is 3.15. The summed E-state index contributed by atoms with van der Waals surface area (Å²) >= 11 is 0. The Morgan fingerprint density at radius 2 is 2.00 bits per heavy atom. The van der Waals surface area contributed by atoms with Gasteiger partial charge >= 0.3 is 0 Å². The number of aryl methyl sites for hydroxylation is 4. The first-order valence-corrected chi connectivity index (χ1v) is 9.30. The molecule has 1 unspecified atom stereocenters. The van der Waals surface area contributed by atoms with Gasteiger partial charge < -0.3 is 14.6 Å². The highest BCUT2D eigenvalue weighted by molar-refractivity contribution is 5.93. The van der Waals surface area contributed by atoms with Crippen LogP contribution in [-0.2, 0) is 13.2 Å². The Balaban J connectivity index is 1.67. The van der Waals surface area contributed by atoms with Crippen LogP contribution in [0.5, 0.6) is 5.75 Å². The number of nitrogens with one attached hydrogen (secondary N) is 1. The standard InChI is InChI=1S/C21H26N4O3/c1-13-8-6-7-9-19(13)27-12-18-17(5)28-24-20(18)21(26)22-15(3)11-25-16(4)10-14(2)23-25/h6-10,15H,11-12H2,1-5H3,(H,22,26). The number of aromatic nitrogens is 3. The van der Waals surface area contributed by atoms with Crippen molar-refractivity contribution in [2.24, 2.45) is 0 Å². The van der Waals surface area contributed by atoms with Gasteiger partial charge in [-0.05, 0) is 52.3 Å². The summed E-state index contributed by atoms with van der Waals surface area (Å²) in [4.78, 5) is 12.7. The second-order valence-corrected chi connectivity index (χ2v) is 7.10. The van der Waals surface area contributed by atoms with Crippen LogP contribution in [0.1, 0.15) is 45.7 Å². The summed E-state index contributed by atoms with van der Waals surface area (Å²) in [6, 6.07) is 9.63. The molecule has 7 heteroatoms. The zero-order valence-corrected chi connectivity index (χ0v) is 16.9. The SMILES string of the molecule is Cc1cc(C)n(CC(C)NC(=O)c2noc(C)c2COc2ccccc2C)n1. The van der Waals surface area contributed by atoms with Gasteiger partial charge in [0.05, 0.1) is 17.8 Å². The number of carbonyl (C=O) groups is 1. The monoisotopic (exact) mass is 382 g/mol. The van der Waals surface area contributed by atoms with Crippen LogP contribution < -0.4 is 10.1 Å². The third-order valence-corrected chi connectivity index (χ3v) is 4.59. The molecule has 1 aromatic carbocycles. The van der Waals surface area contributed by atoms with E-state index in [9.17, 15) is 4.79 Å². The largest absolute Gasteiger partial charge is 0.488 e. The van der Waals surface area contributed by atoms with Crippen LogP contribution in [0.2, 0.25) is 0 Å². The minimum atomic E-state index is -0.283. The number of nitrogens with zero attached hydrogens (tertiary/aromatic N) is 3. The molecule has 0 aliphatic heterocycles. The number of carbonyl (C=O) groups excluding carboxylic acids is 1. The number of para-hydroxylation sites is 1. The summed E-state index contributed by atoms with van der Waals surface area (Å²) in [6.07, 6.45) is 0. The molecular formula is C21H26N4O3. The second-order valence-electron chi connectivity index (χ2n) is 7.10. The zero-order valence-electron chi connectivity index (χ0n) is 16.9. The van der Waals surface area contributed by atoms with Gasteiger partial charge in [0.2, 0.25) is 0 Å². The molecule has 3 aromatic rings. The van der Waals surface area contributed by atoms with Gasteiger partial charge in [0.1, 0.15) is 18.1 Å². The van der Waals surface area contributed by atoms with Crippen molar-refractivity contribution in [3.63, 3.8) is 0 Å². The topological polar surface area (TPSA) is 82.2 Å². The second kappa shape index (κ2) is 8.29. The van der Waals surface area contributed by atoms with Gasteiger partial charge in [-0.25, -0.2) is 0 Å². The lowest BCUT2D eigenvalue weighted by Crippen LogP contribution is -2.36. The molecular weight excluding hydrogens is 356 g/mol. The van der Waals surface area contributed by atoms with E-state index in [4.69, 9.17) is 9.26 Å². The fraction of sp³-hybridized carbons (Fsp3) is 0.381. The first-order chi connectivity index (χ1) is 13.3. The Labute approximate surface area is 164 Å². The number of benzene rings is 1. The molecule has 0 saturated heterocycles. The number of hydrogen-bond donors (Lipinski definition) is 1. The van der Waals surface area contributed by atoms with Crippen molar-refractivity contribution in [1.82, 2.24) is 20.3 Å². The van der Waals surface area contributed by atoms with Gasteiger partial charge in [0.25, 0.3) is 5.91 Å². The van der Waals surface area contributed by atoms with Gasteiger partial charge in [-0.3, -0.25) is 9.48 Å². The normalized spacial score (nSPS) is 12.0. The Bertz CT molecular complexity index is 974. The van der Waals surface area contributed by atoms with E-state index in [2.05, 4.69) is 15.6 Å². The number of rotatable bonds is 7. The molecule has 148 valence electrons. The smallest absolute Gasteiger partial charge is 0.274 e. The van der Waals surface area contributed by atoms with E-state index in [1.54, 1.807) is 6.92 Å². The molecule has 0 saturated carbocycles. The van der Waals surface area contributed by atoms with Crippen molar-refractivity contribution >= 4 is 5.91 Å². The van der Waals surface area contributed by atoms with Gasteiger partial charge in [-0.2, -0.15) is 5.10 Å². The van der Waals surface area contributed by atoms with Gasteiger partial charge in [-0.1, -0.05) is 23.4 Å². The van der Waals surface area contributed by atoms with Crippen LogP contribution in [0.3, 0.4) is 0 Å². The molecule has 0 fully saturated rings. The minimum absolute atomic E-state index is 0.118. The maximum atomic E-state index is 12.7. The number of amides is 1. The van der Waals surface area contributed by atoms with E-state index in [0.29, 0.717) is 17.9 Å². The zero-order chi connectivity index (χ0) is 20.3. The predicted molar refractivity (Wildman–Crippen MR) is 105 cm³/mol. The van der Waals surface area contributed by atoms with Crippen LogP contribution in [0.15, 0.2) is 34.9 Å². The highest BCUT2D eigenvalue weighted by Gasteiger charge is 2.22. The molecule has 0 aliphatic rings. The molecule has 3 rings (SSSR count). The van der Waals surface area contributed by atoms with Gasteiger partial charge in [0, 0.05) is 11.7 Å². The average molecular weight is 382 g/mol. The van der Waals surface area contributed by atoms with E-state index < -0.39 is 0 Å². The van der Waals surface area contributed by atoms with Crippen molar-refractivity contribution in [2.45, 2.75) is 53.8 Å². The first kappa shape index (κ1) is 19.7. The Morgan fingerprint density at radius 1 is 1.25 bits per heavy atom. The lowest BCUT2D eigenvalue weighted by Gasteiger charge is -2.15.